The van der Waals surface area contributed by atoms with Crippen LogP contribution in [0.5, 0.6) is 0 Å². The van der Waals surface area contributed by atoms with Gasteiger partial charge in [-0.05, 0) is 25.7 Å². The first-order chi connectivity index (χ1) is 10.5. The van der Waals surface area contributed by atoms with Crippen LogP contribution in [0.1, 0.15) is 25.7 Å². The standard InChI is InChI=1S/C14H26N2O5S/c1-20-9-10-22(18,19)16-6-4-12(5-7-16)14(17)15-11-13-3-2-8-21-13/h12-13H,2-11H2,1H3,(H,15,17). The zero-order valence-electron chi connectivity index (χ0n) is 13.1. The van der Waals surface area contributed by atoms with Crippen LogP contribution in [0, 0.1) is 5.92 Å². The number of ether oxygens (including phenoxy) is 2. The number of rotatable bonds is 7. The van der Waals surface area contributed by atoms with Crippen LogP contribution in [-0.2, 0) is 24.3 Å². The largest absolute Gasteiger partial charge is 0.384 e. The summed E-state index contributed by atoms with van der Waals surface area (Å²) in [6.07, 6.45) is 3.33. The Labute approximate surface area is 132 Å². The molecule has 2 fully saturated rings. The number of methoxy groups -OCH3 is 1. The molecule has 0 aliphatic carbocycles. The number of hydrogen-bond donors (Lipinski definition) is 1. The Kier molecular flexibility index (Phi) is 6.61. The van der Waals surface area contributed by atoms with Crippen molar-refractivity contribution >= 4 is 15.9 Å². The number of piperidine rings is 1. The molecule has 22 heavy (non-hydrogen) atoms. The summed E-state index contributed by atoms with van der Waals surface area (Å²) in [7, 11) is -1.78. The van der Waals surface area contributed by atoms with Crippen molar-refractivity contribution in [3.63, 3.8) is 0 Å². The van der Waals surface area contributed by atoms with Crippen LogP contribution in [0.25, 0.3) is 0 Å². The maximum absolute atomic E-state index is 12.1. The van der Waals surface area contributed by atoms with Gasteiger partial charge in [0.05, 0.1) is 18.5 Å². The van der Waals surface area contributed by atoms with Crippen LogP contribution in [0.2, 0.25) is 0 Å². The molecule has 2 aliphatic rings. The van der Waals surface area contributed by atoms with E-state index in [1.165, 1.54) is 11.4 Å². The molecule has 7 nitrogen and oxygen atoms in total. The van der Waals surface area contributed by atoms with Crippen molar-refractivity contribution in [2.75, 3.05) is 45.7 Å². The second-order valence-corrected chi connectivity index (χ2v) is 7.95. The molecular weight excluding hydrogens is 308 g/mol. The van der Waals surface area contributed by atoms with Crippen molar-refractivity contribution in [1.29, 1.82) is 0 Å². The summed E-state index contributed by atoms with van der Waals surface area (Å²) in [5.41, 5.74) is 0. The average molecular weight is 334 g/mol. The van der Waals surface area contributed by atoms with Gasteiger partial charge in [-0.15, -0.1) is 0 Å². The number of sulfonamides is 1. The Morgan fingerprint density at radius 3 is 2.64 bits per heavy atom. The summed E-state index contributed by atoms with van der Waals surface area (Å²) in [6.45, 7) is 2.35. The molecule has 0 aromatic carbocycles. The summed E-state index contributed by atoms with van der Waals surface area (Å²) < 4.78 is 35.9. The average Bonchev–Trinajstić information content (AvgIpc) is 3.04. The lowest BCUT2D eigenvalue weighted by Gasteiger charge is -2.30. The zero-order valence-corrected chi connectivity index (χ0v) is 13.9. The Morgan fingerprint density at radius 1 is 1.32 bits per heavy atom. The van der Waals surface area contributed by atoms with Gasteiger partial charge >= 0.3 is 0 Å². The van der Waals surface area contributed by atoms with E-state index in [4.69, 9.17) is 9.47 Å². The van der Waals surface area contributed by atoms with E-state index in [0.29, 0.717) is 32.5 Å². The molecule has 8 heteroatoms. The Morgan fingerprint density at radius 2 is 2.05 bits per heavy atom. The molecule has 2 saturated heterocycles. The van der Waals surface area contributed by atoms with E-state index in [1.807, 2.05) is 0 Å². The van der Waals surface area contributed by atoms with Crippen LogP contribution >= 0.6 is 0 Å². The van der Waals surface area contributed by atoms with Gasteiger partial charge in [-0.25, -0.2) is 12.7 Å². The number of carbonyl (C=O) groups excluding carboxylic acids is 1. The lowest BCUT2D eigenvalue weighted by molar-refractivity contribution is -0.126. The topological polar surface area (TPSA) is 84.9 Å². The summed E-state index contributed by atoms with van der Waals surface area (Å²) >= 11 is 0. The minimum absolute atomic E-state index is 0.000613. The Hall–Kier alpha value is -0.700. The predicted molar refractivity (Wildman–Crippen MR) is 81.9 cm³/mol. The number of carbonyl (C=O) groups is 1. The summed E-state index contributed by atoms with van der Waals surface area (Å²) in [6, 6.07) is 0. The lowest BCUT2D eigenvalue weighted by Crippen LogP contribution is -2.45. The van der Waals surface area contributed by atoms with Crippen LogP contribution in [-0.4, -0.2) is 70.4 Å². The van der Waals surface area contributed by atoms with Crippen molar-refractivity contribution in [3.05, 3.63) is 0 Å². The van der Waals surface area contributed by atoms with E-state index in [-0.39, 0.29) is 30.3 Å². The normalized spacial score (nSPS) is 24.5. The van der Waals surface area contributed by atoms with E-state index in [9.17, 15) is 13.2 Å². The molecule has 1 atom stereocenters. The first-order valence-corrected chi connectivity index (χ1v) is 9.50. The molecule has 1 N–H and O–H groups in total. The quantitative estimate of drug-likeness (QED) is 0.707. The first-order valence-electron chi connectivity index (χ1n) is 7.89. The Balaban J connectivity index is 1.72. The molecule has 2 heterocycles. The molecule has 1 amide bonds. The van der Waals surface area contributed by atoms with Gasteiger partial charge in [-0.1, -0.05) is 0 Å². The van der Waals surface area contributed by atoms with Crippen LogP contribution < -0.4 is 5.32 Å². The second kappa shape index (κ2) is 8.24. The molecular formula is C14H26N2O5S. The smallest absolute Gasteiger partial charge is 0.223 e. The fraction of sp³-hybridized carbons (Fsp3) is 0.929. The third-order valence-corrected chi connectivity index (χ3v) is 6.13. The van der Waals surface area contributed by atoms with Crippen molar-refractivity contribution < 1.29 is 22.7 Å². The molecule has 0 radical (unpaired) electrons. The number of nitrogens with one attached hydrogen (secondary N) is 1. The zero-order chi connectivity index (χ0) is 16.0. The van der Waals surface area contributed by atoms with Gasteiger partial charge < -0.3 is 14.8 Å². The van der Waals surface area contributed by atoms with Crippen LogP contribution in [0.15, 0.2) is 0 Å². The first kappa shape index (κ1) is 17.7. The second-order valence-electron chi connectivity index (χ2n) is 5.86. The minimum atomic E-state index is -3.26. The van der Waals surface area contributed by atoms with Gasteiger partial charge in [-0.2, -0.15) is 0 Å². The molecule has 0 aromatic heterocycles. The lowest BCUT2D eigenvalue weighted by atomic mass is 9.97. The molecule has 0 spiro atoms. The third-order valence-electron chi connectivity index (χ3n) is 4.29. The van der Waals surface area contributed by atoms with Crippen LogP contribution in [0.3, 0.4) is 0 Å². The van der Waals surface area contributed by atoms with Gasteiger partial charge in [-0.3, -0.25) is 4.79 Å². The van der Waals surface area contributed by atoms with Gasteiger partial charge in [0.25, 0.3) is 0 Å². The van der Waals surface area contributed by atoms with E-state index in [1.54, 1.807) is 0 Å². The number of hydrogen-bond acceptors (Lipinski definition) is 5. The van der Waals surface area contributed by atoms with Crippen molar-refractivity contribution in [3.8, 4) is 0 Å². The SMILES string of the molecule is COCCS(=O)(=O)N1CCC(C(=O)NCC2CCCO2)CC1. The highest BCUT2D eigenvalue weighted by molar-refractivity contribution is 7.89. The molecule has 0 saturated carbocycles. The van der Waals surface area contributed by atoms with E-state index in [2.05, 4.69) is 5.32 Å². The predicted octanol–water partition coefficient (Wildman–Crippen LogP) is -0.0302. The molecule has 1 unspecified atom stereocenters. The summed E-state index contributed by atoms with van der Waals surface area (Å²) in [5, 5.41) is 2.93. The monoisotopic (exact) mass is 334 g/mol. The fourth-order valence-electron chi connectivity index (χ4n) is 2.88. The molecule has 0 aromatic rings. The van der Waals surface area contributed by atoms with E-state index >= 15 is 0 Å². The maximum Gasteiger partial charge on any atom is 0.223 e. The fourth-order valence-corrected chi connectivity index (χ4v) is 4.28. The van der Waals surface area contributed by atoms with Crippen molar-refractivity contribution in [1.82, 2.24) is 9.62 Å². The summed E-state index contributed by atoms with van der Waals surface area (Å²) in [5.74, 6) is -0.0842. The van der Waals surface area contributed by atoms with E-state index < -0.39 is 10.0 Å². The third kappa shape index (κ3) is 4.91. The van der Waals surface area contributed by atoms with E-state index in [0.717, 1.165) is 19.4 Å². The van der Waals surface area contributed by atoms with Crippen molar-refractivity contribution in [2.45, 2.75) is 31.8 Å². The van der Waals surface area contributed by atoms with Gasteiger partial charge in [0.1, 0.15) is 0 Å². The van der Waals surface area contributed by atoms with Gasteiger partial charge in [0.2, 0.25) is 15.9 Å². The minimum Gasteiger partial charge on any atom is -0.384 e. The molecule has 0 bridgehead atoms. The highest BCUT2D eigenvalue weighted by atomic mass is 32.2. The Bertz CT molecular complexity index is 454. The highest BCUT2D eigenvalue weighted by Crippen LogP contribution is 2.20. The maximum atomic E-state index is 12.1. The van der Waals surface area contributed by atoms with Crippen LogP contribution in [0.4, 0.5) is 0 Å². The highest BCUT2D eigenvalue weighted by Gasteiger charge is 2.31. The molecule has 128 valence electrons. The summed E-state index contributed by atoms with van der Waals surface area (Å²) in [4.78, 5) is 12.1. The number of nitrogens with zero attached hydrogens (tertiary/aromatic N) is 1. The number of amides is 1. The van der Waals surface area contributed by atoms with Gasteiger partial charge in [0, 0.05) is 39.3 Å². The molecule has 2 rings (SSSR count). The van der Waals surface area contributed by atoms with Gasteiger partial charge in [0.15, 0.2) is 0 Å². The van der Waals surface area contributed by atoms with Crippen molar-refractivity contribution in [2.24, 2.45) is 5.92 Å². The molecule has 2 aliphatic heterocycles.